The fraction of sp³-hybridized carbons (Fsp3) is 0.208. The predicted molar refractivity (Wildman–Crippen MR) is 128 cm³/mol. The van der Waals surface area contributed by atoms with E-state index < -0.39 is 0 Å². The van der Waals surface area contributed by atoms with E-state index in [-0.39, 0.29) is 5.82 Å². The number of hydrogen-bond acceptors (Lipinski definition) is 6. The van der Waals surface area contributed by atoms with Crippen molar-refractivity contribution in [3.8, 4) is 0 Å². The first kappa shape index (κ1) is 20.5. The first-order chi connectivity index (χ1) is 15.5. The number of piperazine rings is 1. The van der Waals surface area contributed by atoms with Gasteiger partial charge in [0.1, 0.15) is 11.6 Å². The molecule has 2 aromatic heterocycles. The molecule has 0 atom stereocenters. The highest BCUT2D eigenvalue weighted by Crippen LogP contribution is 2.29. The number of benzene rings is 2. The maximum Gasteiger partial charge on any atom is 0.227 e. The van der Waals surface area contributed by atoms with Crippen LogP contribution in [0, 0.1) is 12.7 Å². The zero-order valence-corrected chi connectivity index (χ0v) is 18.3. The summed E-state index contributed by atoms with van der Waals surface area (Å²) in [7, 11) is 0. The normalized spacial score (nSPS) is 14.1. The van der Waals surface area contributed by atoms with Crippen molar-refractivity contribution < 1.29 is 4.39 Å². The van der Waals surface area contributed by atoms with Gasteiger partial charge in [-0.2, -0.15) is 4.98 Å². The number of nitrogens with one attached hydrogen (secondary N) is 1. The Morgan fingerprint density at radius 2 is 1.66 bits per heavy atom. The second-order valence-corrected chi connectivity index (χ2v) is 8.23. The van der Waals surface area contributed by atoms with Crippen LogP contribution in [0.25, 0.3) is 10.9 Å². The molecule has 1 fully saturated rings. The molecule has 0 spiro atoms. The molecule has 3 heterocycles. The van der Waals surface area contributed by atoms with E-state index >= 15 is 0 Å². The van der Waals surface area contributed by atoms with Gasteiger partial charge in [0.25, 0.3) is 0 Å². The Kier molecular flexibility index (Phi) is 5.49. The van der Waals surface area contributed by atoms with Crippen LogP contribution in [-0.4, -0.2) is 41.1 Å². The number of aromatic nitrogens is 3. The van der Waals surface area contributed by atoms with E-state index in [0.717, 1.165) is 54.2 Å². The minimum atomic E-state index is -0.266. The van der Waals surface area contributed by atoms with Crippen molar-refractivity contribution in [1.29, 1.82) is 0 Å². The molecular formula is C24H22ClFN6. The van der Waals surface area contributed by atoms with E-state index in [2.05, 4.69) is 31.2 Å². The summed E-state index contributed by atoms with van der Waals surface area (Å²) in [5.74, 6) is 1.12. The fourth-order valence-corrected chi connectivity index (χ4v) is 4.14. The quantitative estimate of drug-likeness (QED) is 0.463. The molecule has 0 saturated carbocycles. The summed E-state index contributed by atoms with van der Waals surface area (Å²) < 4.78 is 13.2. The first-order valence-electron chi connectivity index (χ1n) is 10.5. The number of halogens is 2. The topological polar surface area (TPSA) is 57.2 Å². The number of rotatable bonds is 4. The Hall–Kier alpha value is -3.45. The molecule has 1 N–H and O–H groups in total. The average Bonchev–Trinajstić information content (AvgIpc) is 2.80. The van der Waals surface area contributed by atoms with Crippen LogP contribution in [0.15, 0.2) is 60.8 Å². The maximum atomic E-state index is 13.2. The third-order valence-corrected chi connectivity index (χ3v) is 5.78. The zero-order valence-electron chi connectivity index (χ0n) is 17.6. The molecule has 4 aromatic rings. The lowest BCUT2D eigenvalue weighted by atomic mass is 10.1. The van der Waals surface area contributed by atoms with Crippen molar-refractivity contribution in [1.82, 2.24) is 15.0 Å². The zero-order chi connectivity index (χ0) is 22.1. The average molecular weight is 449 g/mol. The van der Waals surface area contributed by atoms with Gasteiger partial charge < -0.3 is 15.1 Å². The van der Waals surface area contributed by atoms with E-state index in [4.69, 9.17) is 16.6 Å². The second-order valence-electron chi connectivity index (χ2n) is 7.79. The Labute approximate surface area is 190 Å². The van der Waals surface area contributed by atoms with Crippen LogP contribution in [0.2, 0.25) is 5.02 Å². The molecule has 8 heteroatoms. The lowest BCUT2D eigenvalue weighted by Gasteiger charge is -2.36. The highest BCUT2D eigenvalue weighted by molar-refractivity contribution is 6.31. The largest absolute Gasteiger partial charge is 0.367 e. The van der Waals surface area contributed by atoms with E-state index in [1.165, 1.54) is 12.1 Å². The van der Waals surface area contributed by atoms with Crippen LogP contribution in [-0.2, 0) is 0 Å². The van der Waals surface area contributed by atoms with Crippen LogP contribution in [0.4, 0.5) is 27.5 Å². The molecule has 6 nitrogen and oxygen atoms in total. The van der Waals surface area contributed by atoms with Gasteiger partial charge in [-0.3, -0.25) is 4.98 Å². The molecule has 162 valence electrons. The van der Waals surface area contributed by atoms with Gasteiger partial charge in [-0.15, -0.1) is 0 Å². The minimum absolute atomic E-state index is 0.266. The summed E-state index contributed by atoms with van der Waals surface area (Å²) in [6, 6.07) is 16.0. The van der Waals surface area contributed by atoms with Gasteiger partial charge in [-0.1, -0.05) is 11.6 Å². The monoisotopic (exact) mass is 448 g/mol. The van der Waals surface area contributed by atoms with E-state index in [9.17, 15) is 4.39 Å². The molecule has 0 unspecified atom stereocenters. The van der Waals surface area contributed by atoms with Gasteiger partial charge in [0.15, 0.2) is 0 Å². The van der Waals surface area contributed by atoms with Crippen molar-refractivity contribution in [2.45, 2.75) is 6.92 Å². The number of aryl methyl sites for hydroxylation is 1. The predicted octanol–water partition coefficient (Wildman–Crippen LogP) is 5.20. The molecule has 2 aromatic carbocycles. The van der Waals surface area contributed by atoms with Crippen LogP contribution in [0.3, 0.4) is 0 Å². The molecule has 32 heavy (non-hydrogen) atoms. The van der Waals surface area contributed by atoms with Gasteiger partial charge in [-0.05, 0) is 55.5 Å². The fourth-order valence-electron chi connectivity index (χ4n) is 3.97. The van der Waals surface area contributed by atoms with E-state index in [1.54, 1.807) is 12.1 Å². The summed E-state index contributed by atoms with van der Waals surface area (Å²) in [4.78, 5) is 18.3. The number of pyridine rings is 1. The molecule has 0 radical (unpaired) electrons. The van der Waals surface area contributed by atoms with E-state index in [1.807, 2.05) is 37.4 Å². The Balaban J connectivity index is 1.32. The molecular weight excluding hydrogens is 427 g/mol. The van der Waals surface area contributed by atoms with Crippen LogP contribution < -0.4 is 15.1 Å². The number of anilines is 4. The summed E-state index contributed by atoms with van der Waals surface area (Å²) in [5.41, 5.74) is 3.72. The third-order valence-electron chi connectivity index (χ3n) is 5.54. The van der Waals surface area contributed by atoms with Gasteiger partial charge in [0.2, 0.25) is 5.95 Å². The summed E-state index contributed by atoms with van der Waals surface area (Å²) >= 11 is 6.13. The van der Waals surface area contributed by atoms with Gasteiger partial charge in [0.05, 0.1) is 5.52 Å². The molecule has 1 aliphatic rings. The van der Waals surface area contributed by atoms with Crippen molar-refractivity contribution in [3.63, 3.8) is 0 Å². The molecule has 1 aliphatic heterocycles. The highest BCUT2D eigenvalue weighted by atomic mass is 35.5. The molecule has 0 bridgehead atoms. The summed E-state index contributed by atoms with van der Waals surface area (Å²) in [6.07, 6.45) is 1.83. The minimum Gasteiger partial charge on any atom is -0.367 e. The SMILES string of the molecule is Cc1cc(Nc2ccc(F)cc2)nc(N2CCN(c3ccnc4cc(Cl)ccc34)CC2)n1. The number of hydrogen-bond donors (Lipinski definition) is 1. The molecule has 5 rings (SSSR count). The van der Waals surface area contributed by atoms with Crippen molar-refractivity contribution in [3.05, 3.63) is 77.3 Å². The maximum absolute atomic E-state index is 13.2. The number of nitrogens with zero attached hydrogens (tertiary/aromatic N) is 5. The Bertz CT molecular complexity index is 1260. The van der Waals surface area contributed by atoms with Gasteiger partial charge in [-0.25, -0.2) is 9.37 Å². The van der Waals surface area contributed by atoms with Gasteiger partial charge in [0, 0.05) is 65.9 Å². The lowest BCUT2D eigenvalue weighted by molar-refractivity contribution is 0.628. The smallest absolute Gasteiger partial charge is 0.227 e. The van der Waals surface area contributed by atoms with Crippen molar-refractivity contribution in [2.75, 3.05) is 41.3 Å². The standard InChI is InChI=1S/C24H22ClFN6/c1-16-14-23(29-19-5-3-18(26)4-6-19)30-24(28-16)32-12-10-31(11-13-32)22-8-9-27-21-15-17(25)2-7-20(21)22/h2-9,14-15H,10-13H2,1H3,(H,28,29,30). The van der Waals surface area contributed by atoms with Crippen molar-refractivity contribution >= 4 is 45.6 Å². The van der Waals surface area contributed by atoms with Gasteiger partial charge >= 0.3 is 0 Å². The highest BCUT2D eigenvalue weighted by Gasteiger charge is 2.21. The Morgan fingerprint density at radius 1 is 0.906 bits per heavy atom. The lowest BCUT2D eigenvalue weighted by Crippen LogP contribution is -2.47. The first-order valence-corrected chi connectivity index (χ1v) is 10.9. The molecule has 0 amide bonds. The van der Waals surface area contributed by atoms with Crippen LogP contribution in [0.5, 0.6) is 0 Å². The molecule has 0 aliphatic carbocycles. The Morgan fingerprint density at radius 3 is 2.44 bits per heavy atom. The number of fused-ring (bicyclic) bond motifs is 1. The summed E-state index contributed by atoms with van der Waals surface area (Å²) in [6.45, 7) is 5.25. The van der Waals surface area contributed by atoms with Crippen molar-refractivity contribution in [2.24, 2.45) is 0 Å². The molecule has 1 saturated heterocycles. The third kappa shape index (κ3) is 4.29. The van der Waals surface area contributed by atoms with E-state index in [0.29, 0.717) is 16.8 Å². The summed E-state index contributed by atoms with van der Waals surface area (Å²) in [5, 5.41) is 5.03. The van der Waals surface area contributed by atoms with Crippen LogP contribution in [0.1, 0.15) is 5.69 Å². The second kappa shape index (κ2) is 8.59. The van der Waals surface area contributed by atoms with Crippen LogP contribution >= 0.6 is 11.6 Å².